The minimum Gasteiger partial charge on any atom is -0.369 e. The molecule has 2 heteroatoms. The van der Waals surface area contributed by atoms with Crippen LogP contribution in [0.5, 0.6) is 0 Å². The normalized spacial score (nSPS) is 33.4. The van der Waals surface area contributed by atoms with Crippen LogP contribution in [-0.2, 0) is 4.79 Å². The Morgan fingerprint density at radius 2 is 2.00 bits per heavy atom. The van der Waals surface area contributed by atoms with Crippen molar-refractivity contribution in [2.75, 3.05) is 0 Å². The molecule has 0 saturated heterocycles. The Bertz CT molecular complexity index is 253. The van der Waals surface area contributed by atoms with Gasteiger partial charge in [-0.05, 0) is 38.0 Å². The quantitative estimate of drug-likeness (QED) is 0.672. The maximum Gasteiger partial charge on any atom is 0.224 e. The van der Waals surface area contributed by atoms with E-state index < -0.39 is 0 Å². The van der Waals surface area contributed by atoms with Gasteiger partial charge in [-0.1, -0.05) is 25.0 Å². The zero-order chi connectivity index (χ0) is 10.0. The number of carbonyl (C=O) groups is 1. The standard InChI is InChI=1S/C12H19NO/c13-11(14)12(8-4-1-5-9-12)10-6-2-3-7-10/h1,4,10H,2-3,5-9H2,(H2,13,14). The second-order valence-corrected chi connectivity index (χ2v) is 4.72. The summed E-state index contributed by atoms with van der Waals surface area (Å²) in [5.41, 5.74) is 5.42. The molecule has 0 aromatic carbocycles. The van der Waals surface area contributed by atoms with Crippen molar-refractivity contribution in [3.05, 3.63) is 12.2 Å². The number of nitrogens with two attached hydrogens (primary N) is 1. The number of allylic oxidation sites excluding steroid dienone is 2. The van der Waals surface area contributed by atoms with E-state index in [-0.39, 0.29) is 11.3 Å². The van der Waals surface area contributed by atoms with Crippen LogP contribution in [0.1, 0.15) is 44.9 Å². The second kappa shape index (κ2) is 3.76. The molecule has 2 rings (SSSR count). The summed E-state index contributed by atoms with van der Waals surface area (Å²) in [6.45, 7) is 0. The molecule has 0 aliphatic heterocycles. The van der Waals surface area contributed by atoms with Crippen molar-refractivity contribution in [3.8, 4) is 0 Å². The summed E-state index contributed by atoms with van der Waals surface area (Å²) in [6, 6.07) is 0. The van der Waals surface area contributed by atoms with Crippen molar-refractivity contribution in [2.24, 2.45) is 17.1 Å². The van der Waals surface area contributed by atoms with Crippen LogP contribution >= 0.6 is 0 Å². The molecule has 0 spiro atoms. The van der Waals surface area contributed by atoms with E-state index in [1.165, 1.54) is 25.7 Å². The second-order valence-electron chi connectivity index (χ2n) is 4.72. The molecule has 1 saturated carbocycles. The highest BCUT2D eigenvalue weighted by Crippen LogP contribution is 2.47. The van der Waals surface area contributed by atoms with Crippen molar-refractivity contribution >= 4 is 5.91 Å². The molecule has 2 N–H and O–H groups in total. The summed E-state index contributed by atoms with van der Waals surface area (Å²) in [4.78, 5) is 11.7. The molecule has 2 nitrogen and oxygen atoms in total. The lowest BCUT2D eigenvalue weighted by Crippen LogP contribution is -2.43. The Hall–Kier alpha value is -0.790. The first-order valence-electron chi connectivity index (χ1n) is 5.70. The highest BCUT2D eigenvalue weighted by molar-refractivity contribution is 5.81. The van der Waals surface area contributed by atoms with E-state index in [2.05, 4.69) is 12.2 Å². The lowest BCUT2D eigenvalue weighted by molar-refractivity contribution is -0.131. The summed E-state index contributed by atoms with van der Waals surface area (Å²) in [7, 11) is 0. The van der Waals surface area contributed by atoms with E-state index in [9.17, 15) is 4.79 Å². The summed E-state index contributed by atoms with van der Waals surface area (Å²) < 4.78 is 0. The predicted molar refractivity (Wildman–Crippen MR) is 56.6 cm³/mol. The fourth-order valence-corrected chi connectivity index (χ4v) is 3.13. The monoisotopic (exact) mass is 193 g/mol. The molecule has 1 unspecified atom stereocenters. The molecule has 0 aromatic rings. The molecule has 1 amide bonds. The zero-order valence-corrected chi connectivity index (χ0v) is 8.67. The molecule has 0 bridgehead atoms. The number of amides is 1. The number of carbonyl (C=O) groups excluding carboxylic acids is 1. The van der Waals surface area contributed by atoms with Crippen LogP contribution in [0.3, 0.4) is 0 Å². The number of hydrogen-bond donors (Lipinski definition) is 1. The van der Waals surface area contributed by atoms with Gasteiger partial charge in [0.2, 0.25) is 5.91 Å². The molecule has 14 heavy (non-hydrogen) atoms. The van der Waals surface area contributed by atoms with Gasteiger partial charge in [0.1, 0.15) is 0 Å². The van der Waals surface area contributed by atoms with Gasteiger partial charge in [0.15, 0.2) is 0 Å². The Morgan fingerprint density at radius 1 is 1.29 bits per heavy atom. The smallest absolute Gasteiger partial charge is 0.224 e. The first-order valence-corrected chi connectivity index (χ1v) is 5.70. The minimum absolute atomic E-state index is 0.0613. The molecule has 0 radical (unpaired) electrons. The molecule has 0 aromatic heterocycles. The van der Waals surface area contributed by atoms with Crippen molar-refractivity contribution in [1.29, 1.82) is 0 Å². The Morgan fingerprint density at radius 3 is 2.50 bits per heavy atom. The van der Waals surface area contributed by atoms with Gasteiger partial charge < -0.3 is 5.73 Å². The molecule has 0 heterocycles. The number of hydrogen-bond acceptors (Lipinski definition) is 1. The molecular weight excluding hydrogens is 174 g/mol. The lowest BCUT2D eigenvalue weighted by Gasteiger charge is -2.37. The van der Waals surface area contributed by atoms with Crippen LogP contribution in [0, 0.1) is 11.3 Å². The average Bonchev–Trinajstić information content (AvgIpc) is 2.72. The van der Waals surface area contributed by atoms with Gasteiger partial charge in [-0.2, -0.15) is 0 Å². The Balaban J connectivity index is 2.20. The summed E-state index contributed by atoms with van der Waals surface area (Å²) in [5.74, 6) is 0.499. The lowest BCUT2D eigenvalue weighted by atomic mass is 9.66. The maximum absolute atomic E-state index is 11.7. The van der Waals surface area contributed by atoms with E-state index >= 15 is 0 Å². The number of primary amides is 1. The van der Waals surface area contributed by atoms with Crippen molar-refractivity contribution in [2.45, 2.75) is 44.9 Å². The van der Waals surface area contributed by atoms with E-state index in [0.717, 1.165) is 19.3 Å². The zero-order valence-electron chi connectivity index (χ0n) is 8.67. The molecule has 2 aliphatic carbocycles. The van der Waals surface area contributed by atoms with Crippen molar-refractivity contribution in [3.63, 3.8) is 0 Å². The summed E-state index contributed by atoms with van der Waals surface area (Å²) in [5, 5.41) is 0. The van der Waals surface area contributed by atoms with Crippen LogP contribution in [0.4, 0.5) is 0 Å². The summed E-state index contributed by atoms with van der Waals surface area (Å²) in [6.07, 6.45) is 12.2. The third kappa shape index (κ3) is 1.47. The van der Waals surface area contributed by atoms with Gasteiger partial charge in [0.25, 0.3) is 0 Å². The topological polar surface area (TPSA) is 43.1 Å². The Labute approximate surface area is 85.6 Å². The molecule has 1 fully saturated rings. The Kier molecular flexibility index (Phi) is 2.62. The molecule has 2 aliphatic rings. The highest BCUT2D eigenvalue weighted by Gasteiger charge is 2.44. The number of rotatable bonds is 2. The fraction of sp³-hybridized carbons (Fsp3) is 0.750. The summed E-state index contributed by atoms with van der Waals surface area (Å²) >= 11 is 0. The van der Waals surface area contributed by atoms with Crippen LogP contribution in [0.15, 0.2) is 12.2 Å². The van der Waals surface area contributed by atoms with Crippen LogP contribution in [-0.4, -0.2) is 5.91 Å². The molecular formula is C12H19NO. The van der Waals surface area contributed by atoms with Gasteiger partial charge in [0, 0.05) is 0 Å². The van der Waals surface area contributed by atoms with Gasteiger partial charge in [-0.15, -0.1) is 0 Å². The third-order valence-corrected chi connectivity index (χ3v) is 4.03. The van der Waals surface area contributed by atoms with Crippen LogP contribution in [0.25, 0.3) is 0 Å². The maximum atomic E-state index is 11.7. The van der Waals surface area contributed by atoms with E-state index in [0.29, 0.717) is 5.92 Å². The van der Waals surface area contributed by atoms with E-state index in [1.807, 2.05) is 0 Å². The first kappa shape index (κ1) is 9.75. The van der Waals surface area contributed by atoms with Gasteiger partial charge in [-0.25, -0.2) is 0 Å². The van der Waals surface area contributed by atoms with Crippen LogP contribution < -0.4 is 5.73 Å². The third-order valence-electron chi connectivity index (χ3n) is 4.03. The average molecular weight is 193 g/mol. The van der Waals surface area contributed by atoms with Gasteiger partial charge >= 0.3 is 0 Å². The predicted octanol–water partition coefficient (Wildman–Crippen LogP) is 2.39. The van der Waals surface area contributed by atoms with E-state index in [4.69, 9.17) is 5.73 Å². The van der Waals surface area contributed by atoms with Crippen molar-refractivity contribution in [1.82, 2.24) is 0 Å². The van der Waals surface area contributed by atoms with Gasteiger partial charge in [0.05, 0.1) is 5.41 Å². The van der Waals surface area contributed by atoms with Crippen LogP contribution in [0.2, 0.25) is 0 Å². The minimum atomic E-state index is -0.189. The van der Waals surface area contributed by atoms with Gasteiger partial charge in [-0.3, -0.25) is 4.79 Å². The fourth-order valence-electron chi connectivity index (χ4n) is 3.13. The largest absolute Gasteiger partial charge is 0.369 e. The molecule has 78 valence electrons. The SMILES string of the molecule is NC(=O)C1(C2CCCC2)CC=CCC1. The van der Waals surface area contributed by atoms with Crippen molar-refractivity contribution < 1.29 is 4.79 Å². The van der Waals surface area contributed by atoms with E-state index in [1.54, 1.807) is 0 Å². The molecule has 1 atom stereocenters. The first-order chi connectivity index (χ1) is 6.76. The highest BCUT2D eigenvalue weighted by atomic mass is 16.1.